The van der Waals surface area contributed by atoms with Crippen LogP contribution in [0.1, 0.15) is 23.4 Å². The van der Waals surface area contributed by atoms with Crippen LogP contribution in [0.15, 0.2) is 93.2 Å². The van der Waals surface area contributed by atoms with E-state index in [9.17, 15) is 9.59 Å². The van der Waals surface area contributed by atoms with Crippen molar-refractivity contribution in [2.24, 2.45) is 4.99 Å². The van der Waals surface area contributed by atoms with Crippen LogP contribution in [-0.4, -0.2) is 17.6 Å². The molecule has 0 aliphatic carbocycles. The first-order chi connectivity index (χ1) is 16.5. The molecule has 1 amide bonds. The Morgan fingerprint density at radius 3 is 2.53 bits per heavy atom. The normalized spacial score (nSPS) is 15.6. The van der Waals surface area contributed by atoms with Crippen LogP contribution in [0.4, 0.5) is 5.69 Å². The minimum atomic E-state index is -0.544. The number of thiazole rings is 1. The number of anilines is 1. The van der Waals surface area contributed by atoms with Gasteiger partial charge in [0.25, 0.3) is 11.5 Å². The Bertz CT molecular complexity index is 1550. The second-order valence-corrected chi connectivity index (χ2v) is 9.68. The summed E-state index contributed by atoms with van der Waals surface area (Å²) < 4.78 is 7.42. The molecule has 0 saturated heterocycles. The molecular formula is C26H21N3O3S2. The third-order valence-electron chi connectivity index (χ3n) is 5.52. The van der Waals surface area contributed by atoms with Crippen molar-refractivity contribution in [3.8, 4) is 5.75 Å². The van der Waals surface area contributed by atoms with Gasteiger partial charge in [0.2, 0.25) is 0 Å². The number of hydrogen-bond acceptors (Lipinski definition) is 6. The number of amides is 1. The molecule has 0 bridgehead atoms. The van der Waals surface area contributed by atoms with Crippen LogP contribution in [0.2, 0.25) is 0 Å². The maximum atomic E-state index is 13.6. The fourth-order valence-electron chi connectivity index (χ4n) is 3.90. The van der Waals surface area contributed by atoms with Gasteiger partial charge in [-0.2, -0.15) is 0 Å². The predicted molar refractivity (Wildman–Crippen MR) is 136 cm³/mol. The monoisotopic (exact) mass is 487 g/mol. The number of hydrogen-bond donors (Lipinski definition) is 1. The number of allylic oxidation sites excluding steroid dienone is 1. The summed E-state index contributed by atoms with van der Waals surface area (Å²) in [6.45, 7) is 1.82. The van der Waals surface area contributed by atoms with Gasteiger partial charge in [-0.15, -0.1) is 11.3 Å². The second-order valence-electron chi connectivity index (χ2n) is 7.69. The van der Waals surface area contributed by atoms with Crippen molar-refractivity contribution in [2.45, 2.75) is 13.0 Å². The predicted octanol–water partition coefficient (Wildman–Crippen LogP) is 3.94. The van der Waals surface area contributed by atoms with Crippen molar-refractivity contribution >= 4 is 40.3 Å². The first-order valence-electron chi connectivity index (χ1n) is 10.6. The minimum absolute atomic E-state index is 0.171. The standard InChI is InChI=1S/C26H21N3O3S2/c1-16-22(24(30)28-18-7-4-3-5-8-18)23(20-9-6-14-33-20)29-25(31)21(34-26(29)27-16)15-17-10-12-19(32-2)13-11-17/h3-15,23H,1-2H3,(H,28,30)/b21-15+/t23-/m0/s1. The zero-order chi connectivity index (χ0) is 23.7. The van der Waals surface area contributed by atoms with Gasteiger partial charge in [-0.1, -0.05) is 47.7 Å². The molecule has 1 atom stereocenters. The zero-order valence-electron chi connectivity index (χ0n) is 18.5. The third kappa shape index (κ3) is 4.13. The molecule has 0 saturated carbocycles. The fourth-order valence-corrected chi connectivity index (χ4v) is 5.77. The lowest BCUT2D eigenvalue weighted by atomic mass is 10.0. The molecule has 1 aliphatic heterocycles. The molecule has 3 heterocycles. The molecule has 0 unspecified atom stereocenters. The SMILES string of the molecule is COc1ccc(/C=c2/sc3n(c2=O)[C@@H](c2cccs2)C(C(=O)Nc2ccccc2)=C(C)N=3)cc1. The molecule has 0 fully saturated rings. The Hall–Kier alpha value is -3.75. The highest BCUT2D eigenvalue weighted by atomic mass is 32.1. The van der Waals surface area contributed by atoms with Crippen molar-refractivity contribution in [1.29, 1.82) is 0 Å². The summed E-state index contributed by atoms with van der Waals surface area (Å²) in [5.74, 6) is 0.483. The average Bonchev–Trinajstić information content (AvgIpc) is 3.48. The van der Waals surface area contributed by atoms with Gasteiger partial charge in [0.1, 0.15) is 11.8 Å². The summed E-state index contributed by atoms with van der Waals surface area (Å²) in [7, 11) is 1.62. The lowest BCUT2D eigenvalue weighted by Crippen LogP contribution is -2.40. The highest BCUT2D eigenvalue weighted by Gasteiger charge is 2.33. The molecule has 34 heavy (non-hydrogen) atoms. The van der Waals surface area contributed by atoms with Gasteiger partial charge >= 0.3 is 0 Å². The maximum absolute atomic E-state index is 13.6. The van der Waals surface area contributed by atoms with Gasteiger partial charge in [-0.25, -0.2) is 4.99 Å². The molecule has 1 N–H and O–H groups in total. The van der Waals surface area contributed by atoms with Crippen molar-refractivity contribution in [3.05, 3.63) is 114 Å². The van der Waals surface area contributed by atoms with Crippen molar-refractivity contribution < 1.29 is 9.53 Å². The van der Waals surface area contributed by atoms with Crippen LogP contribution in [-0.2, 0) is 4.79 Å². The summed E-state index contributed by atoms with van der Waals surface area (Å²) in [6, 6.07) is 20.1. The second kappa shape index (κ2) is 9.24. The summed E-state index contributed by atoms with van der Waals surface area (Å²) in [5, 5.41) is 4.91. The number of carbonyl (C=O) groups is 1. The summed E-state index contributed by atoms with van der Waals surface area (Å²) in [6.07, 6.45) is 1.85. The van der Waals surface area contributed by atoms with Gasteiger partial charge in [0.05, 0.1) is 22.9 Å². The van der Waals surface area contributed by atoms with Crippen molar-refractivity contribution in [3.63, 3.8) is 0 Å². The molecule has 0 spiro atoms. The van der Waals surface area contributed by atoms with E-state index in [1.807, 2.05) is 85.1 Å². The Morgan fingerprint density at radius 2 is 1.85 bits per heavy atom. The Labute approximate surface area is 203 Å². The van der Waals surface area contributed by atoms with E-state index in [4.69, 9.17) is 4.74 Å². The molecular weight excluding hydrogens is 466 g/mol. The number of carbonyl (C=O) groups excluding carboxylic acids is 1. The summed E-state index contributed by atoms with van der Waals surface area (Å²) >= 11 is 2.84. The number of rotatable bonds is 5. The van der Waals surface area contributed by atoms with E-state index in [0.29, 0.717) is 26.3 Å². The Morgan fingerprint density at radius 1 is 1.09 bits per heavy atom. The molecule has 2 aromatic carbocycles. The third-order valence-corrected chi connectivity index (χ3v) is 7.43. The van der Waals surface area contributed by atoms with Gasteiger partial charge in [0.15, 0.2) is 4.80 Å². The number of methoxy groups -OCH3 is 1. The number of fused-ring (bicyclic) bond motifs is 1. The molecule has 170 valence electrons. The van der Waals surface area contributed by atoms with Gasteiger partial charge in [-0.05, 0) is 54.3 Å². The zero-order valence-corrected chi connectivity index (χ0v) is 20.2. The average molecular weight is 488 g/mol. The van der Waals surface area contributed by atoms with Crippen molar-refractivity contribution in [1.82, 2.24) is 4.57 Å². The number of aromatic nitrogens is 1. The van der Waals surface area contributed by atoms with Crippen molar-refractivity contribution in [2.75, 3.05) is 12.4 Å². The molecule has 0 radical (unpaired) electrons. The van der Waals surface area contributed by atoms with E-state index < -0.39 is 6.04 Å². The van der Waals surface area contributed by atoms with Crippen LogP contribution in [0.25, 0.3) is 6.08 Å². The van der Waals surface area contributed by atoms with E-state index in [1.54, 1.807) is 11.7 Å². The molecule has 2 aromatic heterocycles. The molecule has 4 aromatic rings. The number of para-hydroxylation sites is 1. The number of benzene rings is 2. The van der Waals surface area contributed by atoms with E-state index in [1.165, 1.54) is 22.7 Å². The largest absolute Gasteiger partial charge is 0.497 e. The number of nitrogens with one attached hydrogen (secondary N) is 1. The van der Waals surface area contributed by atoms with Crippen LogP contribution >= 0.6 is 22.7 Å². The van der Waals surface area contributed by atoms with Gasteiger partial charge in [-0.3, -0.25) is 14.2 Å². The smallest absolute Gasteiger partial charge is 0.271 e. The maximum Gasteiger partial charge on any atom is 0.271 e. The number of thiophene rings is 1. The van der Waals surface area contributed by atoms with Crippen LogP contribution in [0.3, 0.4) is 0 Å². The molecule has 5 rings (SSSR count). The fraction of sp³-hybridized carbons (Fsp3) is 0.115. The van der Waals surface area contributed by atoms with Crippen LogP contribution in [0, 0.1) is 0 Å². The molecule has 6 nitrogen and oxygen atoms in total. The van der Waals surface area contributed by atoms with Crippen LogP contribution in [0.5, 0.6) is 5.75 Å². The number of nitrogens with zero attached hydrogens (tertiary/aromatic N) is 2. The first kappa shape index (κ1) is 22.1. The lowest BCUT2D eigenvalue weighted by Gasteiger charge is -2.24. The van der Waals surface area contributed by atoms with Gasteiger partial charge in [0, 0.05) is 10.6 Å². The minimum Gasteiger partial charge on any atom is -0.497 e. The highest BCUT2D eigenvalue weighted by molar-refractivity contribution is 7.10. The van der Waals surface area contributed by atoms with Crippen LogP contribution < -0.4 is 24.9 Å². The number of ether oxygens (including phenoxy) is 1. The quantitative estimate of drug-likeness (QED) is 0.463. The topological polar surface area (TPSA) is 72.7 Å². The van der Waals surface area contributed by atoms with E-state index >= 15 is 0 Å². The highest BCUT2D eigenvalue weighted by Crippen LogP contribution is 2.33. The molecule has 8 heteroatoms. The Kier molecular flexibility index (Phi) is 6.00. The lowest BCUT2D eigenvalue weighted by molar-refractivity contribution is -0.113. The molecule has 1 aliphatic rings. The van der Waals surface area contributed by atoms with Gasteiger partial charge < -0.3 is 10.1 Å². The van der Waals surface area contributed by atoms with E-state index in [2.05, 4.69) is 10.3 Å². The summed E-state index contributed by atoms with van der Waals surface area (Å²) in [4.78, 5) is 33.1. The van der Waals surface area contributed by atoms with E-state index in [0.717, 1.165) is 16.2 Å². The first-order valence-corrected chi connectivity index (χ1v) is 12.3. The Balaban J connectivity index is 1.62. The summed E-state index contributed by atoms with van der Waals surface area (Å²) in [5.41, 5.74) is 2.47. The van der Waals surface area contributed by atoms with E-state index in [-0.39, 0.29) is 11.5 Å².